The number of anilines is 2. The van der Waals surface area contributed by atoms with Gasteiger partial charge in [-0.3, -0.25) is 0 Å². The minimum Gasteiger partial charge on any atom is -0.368 e. The van der Waals surface area contributed by atoms with E-state index in [9.17, 15) is 0 Å². The Morgan fingerprint density at radius 2 is 1.94 bits per heavy atom. The molecule has 0 saturated heterocycles. The molecule has 1 heterocycles. The maximum absolute atomic E-state index is 5.85. The summed E-state index contributed by atoms with van der Waals surface area (Å²) in [5.74, 6) is 0.885. The second kappa shape index (κ2) is 5.54. The van der Waals surface area contributed by atoms with Gasteiger partial charge in [0.1, 0.15) is 11.0 Å². The highest BCUT2D eigenvalue weighted by atomic mass is 79.9. The monoisotopic (exact) mass is 326 g/mol. The molecule has 0 amide bonds. The first kappa shape index (κ1) is 13.1. The van der Waals surface area contributed by atoms with Gasteiger partial charge in [-0.15, -0.1) is 0 Å². The molecule has 2 aromatic rings. The third-order valence-electron chi connectivity index (χ3n) is 2.42. The molecule has 0 aliphatic carbocycles. The van der Waals surface area contributed by atoms with E-state index in [4.69, 9.17) is 17.3 Å². The van der Waals surface area contributed by atoms with E-state index in [1.807, 2.05) is 36.2 Å². The molecule has 4 nitrogen and oxygen atoms in total. The van der Waals surface area contributed by atoms with Crippen molar-refractivity contribution in [3.8, 4) is 0 Å². The van der Waals surface area contributed by atoms with Crippen LogP contribution >= 0.6 is 27.5 Å². The zero-order valence-corrected chi connectivity index (χ0v) is 12.1. The lowest BCUT2D eigenvalue weighted by Crippen LogP contribution is -2.18. The topological polar surface area (TPSA) is 55.0 Å². The normalized spacial score (nSPS) is 10.4. The number of rotatable bonds is 3. The Morgan fingerprint density at radius 3 is 2.56 bits per heavy atom. The summed E-state index contributed by atoms with van der Waals surface area (Å²) >= 11 is 9.26. The number of nitrogens with zero attached hydrogens (tertiary/aromatic N) is 3. The Bertz CT molecular complexity index is 524. The van der Waals surface area contributed by atoms with Crippen LogP contribution < -0.4 is 10.6 Å². The molecule has 94 valence electrons. The Kier molecular flexibility index (Phi) is 4.04. The molecule has 0 unspecified atom stereocenters. The predicted molar refractivity (Wildman–Crippen MR) is 77.7 cm³/mol. The van der Waals surface area contributed by atoms with Gasteiger partial charge < -0.3 is 10.6 Å². The molecule has 0 bridgehead atoms. The fourth-order valence-corrected chi connectivity index (χ4v) is 2.01. The second-order valence-corrected chi connectivity index (χ2v) is 5.19. The first-order valence-electron chi connectivity index (χ1n) is 5.30. The molecule has 0 atom stereocenters. The molecule has 6 heteroatoms. The van der Waals surface area contributed by atoms with E-state index in [-0.39, 0.29) is 5.95 Å². The molecule has 1 aromatic heterocycles. The molecule has 18 heavy (non-hydrogen) atoms. The van der Waals surface area contributed by atoms with Crippen LogP contribution in [0.15, 0.2) is 34.8 Å². The molecule has 0 radical (unpaired) electrons. The SMILES string of the molecule is CN(Cc1ccc(Br)cc1)c1cc(Cl)nc(N)n1. The summed E-state index contributed by atoms with van der Waals surface area (Å²) in [5.41, 5.74) is 6.75. The van der Waals surface area contributed by atoms with Crippen LogP contribution in [-0.2, 0) is 6.54 Å². The Morgan fingerprint density at radius 1 is 1.28 bits per heavy atom. The second-order valence-electron chi connectivity index (χ2n) is 3.89. The lowest BCUT2D eigenvalue weighted by atomic mass is 10.2. The van der Waals surface area contributed by atoms with Crippen molar-refractivity contribution in [3.63, 3.8) is 0 Å². The van der Waals surface area contributed by atoms with Crippen LogP contribution in [0.25, 0.3) is 0 Å². The van der Waals surface area contributed by atoms with Crippen LogP contribution in [0, 0.1) is 0 Å². The lowest BCUT2D eigenvalue weighted by Gasteiger charge is -2.18. The zero-order valence-electron chi connectivity index (χ0n) is 9.77. The third-order valence-corrected chi connectivity index (χ3v) is 3.15. The van der Waals surface area contributed by atoms with E-state index >= 15 is 0 Å². The molecule has 0 saturated carbocycles. The molecule has 0 spiro atoms. The third kappa shape index (κ3) is 3.34. The minimum atomic E-state index is 0.181. The number of nitrogens with two attached hydrogens (primary N) is 1. The van der Waals surface area contributed by atoms with Gasteiger partial charge in [0.05, 0.1) is 0 Å². The first-order valence-corrected chi connectivity index (χ1v) is 6.47. The van der Waals surface area contributed by atoms with E-state index in [1.54, 1.807) is 6.07 Å². The molecular formula is C12H12BrClN4. The van der Waals surface area contributed by atoms with E-state index in [0.29, 0.717) is 11.0 Å². The summed E-state index contributed by atoms with van der Waals surface area (Å²) in [6.45, 7) is 0.722. The fourth-order valence-electron chi connectivity index (χ4n) is 1.56. The zero-order chi connectivity index (χ0) is 13.1. The molecule has 0 aliphatic rings. The molecule has 0 fully saturated rings. The summed E-state index contributed by atoms with van der Waals surface area (Å²) in [6, 6.07) is 9.80. The van der Waals surface area contributed by atoms with Gasteiger partial charge in [-0.2, -0.15) is 4.98 Å². The summed E-state index contributed by atoms with van der Waals surface area (Å²) in [7, 11) is 1.93. The fraction of sp³-hybridized carbons (Fsp3) is 0.167. The summed E-state index contributed by atoms with van der Waals surface area (Å²) in [6.07, 6.45) is 0. The van der Waals surface area contributed by atoms with Gasteiger partial charge in [0.25, 0.3) is 0 Å². The standard InChI is InChI=1S/C12H12BrClN4/c1-18(7-8-2-4-9(13)5-3-8)11-6-10(14)16-12(15)17-11/h2-6H,7H2,1H3,(H2,15,16,17). The molecule has 1 aromatic carbocycles. The lowest BCUT2D eigenvalue weighted by molar-refractivity contribution is 0.893. The van der Waals surface area contributed by atoms with E-state index < -0.39 is 0 Å². The number of aromatic nitrogens is 2. The van der Waals surface area contributed by atoms with Gasteiger partial charge in [0.15, 0.2) is 0 Å². The van der Waals surface area contributed by atoms with Crippen molar-refractivity contribution in [3.05, 3.63) is 45.5 Å². The van der Waals surface area contributed by atoms with E-state index in [1.165, 1.54) is 5.56 Å². The highest BCUT2D eigenvalue weighted by Gasteiger charge is 2.06. The Labute approximate surface area is 119 Å². The predicted octanol–water partition coefficient (Wildman–Crippen LogP) is 3.11. The summed E-state index contributed by atoms with van der Waals surface area (Å²) in [4.78, 5) is 9.95. The minimum absolute atomic E-state index is 0.181. The summed E-state index contributed by atoms with van der Waals surface area (Å²) in [5, 5.41) is 0.347. The number of hydrogen-bond acceptors (Lipinski definition) is 4. The van der Waals surface area contributed by atoms with E-state index in [0.717, 1.165) is 11.0 Å². The smallest absolute Gasteiger partial charge is 0.223 e. The number of nitrogen functional groups attached to an aromatic ring is 1. The van der Waals surface area contributed by atoms with Crippen molar-refractivity contribution in [1.29, 1.82) is 0 Å². The van der Waals surface area contributed by atoms with Crippen LogP contribution in [0.4, 0.5) is 11.8 Å². The van der Waals surface area contributed by atoms with Crippen molar-refractivity contribution < 1.29 is 0 Å². The van der Waals surface area contributed by atoms with Gasteiger partial charge in [-0.25, -0.2) is 4.98 Å². The van der Waals surface area contributed by atoms with Crippen molar-refractivity contribution in [2.75, 3.05) is 17.7 Å². The Hall–Kier alpha value is -1.33. The van der Waals surface area contributed by atoms with Crippen molar-refractivity contribution in [2.45, 2.75) is 6.54 Å². The van der Waals surface area contributed by atoms with Crippen LogP contribution in [0.3, 0.4) is 0 Å². The average molecular weight is 328 g/mol. The van der Waals surface area contributed by atoms with Crippen LogP contribution in [0.1, 0.15) is 5.56 Å². The highest BCUT2D eigenvalue weighted by Crippen LogP contribution is 2.18. The number of halogens is 2. The van der Waals surface area contributed by atoms with E-state index in [2.05, 4.69) is 25.9 Å². The molecule has 2 N–H and O–H groups in total. The molecule has 0 aliphatic heterocycles. The number of hydrogen-bond donors (Lipinski definition) is 1. The molecule has 2 rings (SSSR count). The van der Waals surface area contributed by atoms with Crippen LogP contribution in [0.2, 0.25) is 5.15 Å². The van der Waals surface area contributed by atoms with Crippen molar-refractivity contribution in [1.82, 2.24) is 9.97 Å². The van der Waals surface area contributed by atoms with Crippen LogP contribution in [-0.4, -0.2) is 17.0 Å². The maximum atomic E-state index is 5.85. The average Bonchev–Trinajstić information content (AvgIpc) is 2.31. The van der Waals surface area contributed by atoms with Crippen molar-refractivity contribution >= 4 is 39.3 Å². The summed E-state index contributed by atoms with van der Waals surface area (Å²) < 4.78 is 1.06. The Balaban J connectivity index is 2.16. The largest absolute Gasteiger partial charge is 0.368 e. The van der Waals surface area contributed by atoms with Crippen LogP contribution in [0.5, 0.6) is 0 Å². The quantitative estimate of drug-likeness (QED) is 0.880. The van der Waals surface area contributed by atoms with Gasteiger partial charge in [-0.1, -0.05) is 39.7 Å². The van der Waals surface area contributed by atoms with Gasteiger partial charge in [-0.05, 0) is 17.7 Å². The van der Waals surface area contributed by atoms with Crippen molar-refractivity contribution in [2.24, 2.45) is 0 Å². The maximum Gasteiger partial charge on any atom is 0.223 e. The first-order chi connectivity index (χ1) is 8.54. The van der Waals surface area contributed by atoms with Gasteiger partial charge in [0.2, 0.25) is 5.95 Å². The number of benzene rings is 1. The highest BCUT2D eigenvalue weighted by molar-refractivity contribution is 9.10. The van der Waals surface area contributed by atoms with Gasteiger partial charge in [0, 0.05) is 24.1 Å². The van der Waals surface area contributed by atoms with Gasteiger partial charge >= 0.3 is 0 Å². The molecular weight excluding hydrogens is 316 g/mol.